The van der Waals surface area contributed by atoms with Crippen LogP contribution in [0.1, 0.15) is 49.0 Å². The Bertz CT molecular complexity index is 359. The van der Waals surface area contributed by atoms with Gasteiger partial charge in [0, 0.05) is 0 Å². The summed E-state index contributed by atoms with van der Waals surface area (Å²) in [7, 11) is 0. The lowest BCUT2D eigenvalue weighted by Crippen LogP contribution is -2.20. The van der Waals surface area contributed by atoms with E-state index in [4.69, 9.17) is 14.6 Å². The number of carboxylic acid groups (broad SMARTS) is 1. The van der Waals surface area contributed by atoms with Gasteiger partial charge < -0.3 is 19.9 Å². The number of hydrogen-bond donors (Lipinski definition) is 3. The van der Waals surface area contributed by atoms with E-state index in [9.17, 15) is 4.79 Å². The molecule has 96 valence electrons. The van der Waals surface area contributed by atoms with Crippen molar-refractivity contribution in [1.82, 2.24) is 5.32 Å². The zero-order valence-electron chi connectivity index (χ0n) is 10.1. The summed E-state index contributed by atoms with van der Waals surface area (Å²) in [6.07, 6.45) is 1.33. The fourth-order valence-corrected chi connectivity index (χ4v) is 1.52. The highest BCUT2D eigenvalue weighted by Crippen LogP contribution is 2.16. The molecule has 5 heteroatoms. The van der Waals surface area contributed by atoms with Crippen molar-refractivity contribution >= 4 is 5.97 Å². The minimum Gasteiger partial charge on any atom is -0.475 e. The highest BCUT2D eigenvalue weighted by Gasteiger charge is 2.13. The summed E-state index contributed by atoms with van der Waals surface area (Å²) in [5, 5.41) is 21.0. The summed E-state index contributed by atoms with van der Waals surface area (Å²) >= 11 is 0. The van der Waals surface area contributed by atoms with Gasteiger partial charge in [-0.15, -0.1) is 0 Å². The van der Waals surface area contributed by atoms with E-state index in [2.05, 4.69) is 5.32 Å². The largest absolute Gasteiger partial charge is 0.475 e. The van der Waals surface area contributed by atoms with Crippen LogP contribution in [0.2, 0.25) is 0 Å². The maximum absolute atomic E-state index is 10.6. The van der Waals surface area contributed by atoms with Crippen LogP contribution in [-0.2, 0) is 0 Å². The molecule has 0 amide bonds. The Kier molecular flexibility index (Phi) is 5.18. The maximum atomic E-state index is 10.6. The molecule has 0 saturated carbocycles. The van der Waals surface area contributed by atoms with Gasteiger partial charge in [-0.25, -0.2) is 4.79 Å². The molecule has 0 saturated heterocycles. The van der Waals surface area contributed by atoms with E-state index >= 15 is 0 Å². The summed E-state index contributed by atoms with van der Waals surface area (Å²) in [5.41, 5.74) is 0. The van der Waals surface area contributed by atoms with E-state index in [1.165, 1.54) is 6.07 Å². The van der Waals surface area contributed by atoms with Gasteiger partial charge in [-0.05, 0) is 45.4 Å². The van der Waals surface area contributed by atoms with Gasteiger partial charge in [0.2, 0.25) is 5.76 Å². The average Bonchev–Trinajstić information content (AvgIpc) is 2.73. The van der Waals surface area contributed by atoms with Crippen LogP contribution in [0.25, 0.3) is 0 Å². The van der Waals surface area contributed by atoms with E-state index in [0.29, 0.717) is 5.76 Å². The summed E-state index contributed by atoms with van der Waals surface area (Å²) in [6, 6.07) is 3.08. The third-order valence-electron chi connectivity index (χ3n) is 2.51. The predicted molar refractivity (Wildman–Crippen MR) is 63.0 cm³/mol. The molecule has 1 aromatic heterocycles. The molecule has 1 rings (SSSR count). The Morgan fingerprint density at radius 1 is 1.47 bits per heavy atom. The van der Waals surface area contributed by atoms with Crippen LogP contribution in [0.5, 0.6) is 0 Å². The van der Waals surface area contributed by atoms with Crippen molar-refractivity contribution < 1.29 is 19.4 Å². The Morgan fingerprint density at radius 3 is 2.71 bits per heavy atom. The Balaban J connectivity index is 2.36. The van der Waals surface area contributed by atoms with Gasteiger partial charge in [-0.3, -0.25) is 0 Å². The first-order chi connectivity index (χ1) is 8.00. The summed E-state index contributed by atoms with van der Waals surface area (Å²) in [4.78, 5) is 10.6. The first-order valence-corrected chi connectivity index (χ1v) is 5.75. The highest BCUT2D eigenvalue weighted by molar-refractivity contribution is 5.84. The molecule has 5 nitrogen and oxygen atoms in total. The van der Waals surface area contributed by atoms with Crippen LogP contribution in [0.15, 0.2) is 16.5 Å². The third kappa shape index (κ3) is 4.58. The smallest absolute Gasteiger partial charge is 0.371 e. The molecule has 0 bridgehead atoms. The van der Waals surface area contributed by atoms with E-state index in [1.54, 1.807) is 13.0 Å². The normalized spacial score (nSPS) is 14.5. The molecule has 0 fully saturated rings. The number of aromatic carboxylic acids is 1. The topological polar surface area (TPSA) is 82.7 Å². The highest BCUT2D eigenvalue weighted by atomic mass is 16.4. The van der Waals surface area contributed by atoms with Gasteiger partial charge in [-0.1, -0.05) is 0 Å². The molecule has 0 aliphatic rings. The van der Waals surface area contributed by atoms with E-state index < -0.39 is 5.97 Å². The molecule has 2 atom stereocenters. The number of rotatable bonds is 7. The number of furan rings is 1. The number of carboxylic acids is 1. The minimum absolute atomic E-state index is 0.0305. The molecular weight excluding hydrogens is 222 g/mol. The molecule has 17 heavy (non-hydrogen) atoms. The zero-order valence-corrected chi connectivity index (χ0v) is 10.1. The van der Waals surface area contributed by atoms with Crippen molar-refractivity contribution in [2.75, 3.05) is 6.54 Å². The lowest BCUT2D eigenvalue weighted by atomic mass is 10.2. The van der Waals surface area contributed by atoms with Gasteiger partial charge >= 0.3 is 5.97 Å². The molecule has 0 spiro atoms. The second kappa shape index (κ2) is 6.42. The lowest BCUT2D eigenvalue weighted by molar-refractivity contribution is 0.0659. The fourth-order valence-electron chi connectivity index (χ4n) is 1.52. The zero-order chi connectivity index (χ0) is 12.8. The van der Waals surface area contributed by atoms with Crippen LogP contribution < -0.4 is 5.32 Å². The molecule has 0 radical (unpaired) electrons. The minimum atomic E-state index is -1.06. The number of aliphatic hydroxyl groups is 1. The molecule has 2 unspecified atom stereocenters. The predicted octanol–water partition coefficient (Wildman–Crippen LogP) is 1.79. The quantitative estimate of drug-likeness (QED) is 0.634. The molecule has 0 aliphatic carbocycles. The first kappa shape index (κ1) is 13.7. The van der Waals surface area contributed by atoms with Crippen molar-refractivity contribution in [2.24, 2.45) is 0 Å². The molecule has 3 N–H and O–H groups in total. The van der Waals surface area contributed by atoms with Crippen LogP contribution in [0.4, 0.5) is 0 Å². The van der Waals surface area contributed by atoms with Crippen LogP contribution in [0.3, 0.4) is 0 Å². The third-order valence-corrected chi connectivity index (χ3v) is 2.51. The van der Waals surface area contributed by atoms with Crippen molar-refractivity contribution in [3.8, 4) is 0 Å². The number of aliphatic hydroxyl groups excluding tert-OH is 1. The van der Waals surface area contributed by atoms with Crippen LogP contribution >= 0.6 is 0 Å². The SMILES string of the molecule is CC(O)CCCNC(C)c1ccc(C(=O)O)o1. The molecular formula is C12H19NO4. The second-order valence-corrected chi connectivity index (χ2v) is 4.17. The molecule has 1 aromatic rings. The Labute approximate surface area is 100 Å². The number of carbonyl (C=O) groups is 1. The van der Waals surface area contributed by atoms with Crippen molar-refractivity contribution in [1.29, 1.82) is 0 Å². The molecule has 0 aliphatic heterocycles. The summed E-state index contributed by atoms with van der Waals surface area (Å²) < 4.78 is 5.17. The first-order valence-electron chi connectivity index (χ1n) is 5.75. The average molecular weight is 241 g/mol. The fraction of sp³-hybridized carbons (Fsp3) is 0.583. The summed E-state index contributed by atoms with van der Waals surface area (Å²) in [6.45, 7) is 4.43. The van der Waals surface area contributed by atoms with Crippen LogP contribution in [-0.4, -0.2) is 28.8 Å². The van der Waals surface area contributed by atoms with Gasteiger partial charge in [0.1, 0.15) is 5.76 Å². The monoisotopic (exact) mass is 241 g/mol. The van der Waals surface area contributed by atoms with Gasteiger partial charge in [0.05, 0.1) is 12.1 Å². The van der Waals surface area contributed by atoms with Gasteiger partial charge in [0.15, 0.2) is 0 Å². The van der Waals surface area contributed by atoms with Crippen LogP contribution in [0, 0.1) is 0 Å². The van der Waals surface area contributed by atoms with E-state index in [1.807, 2.05) is 6.92 Å². The van der Waals surface area contributed by atoms with Gasteiger partial charge in [0.25, 0.3) is 0 Å². The van der Waals surface area contributed by atoms with Crippen molar-refractivity contribution in [3.05, 3.63) is 23.7 Å². The lowest BCUT2D eigenvalue weighted by Gasteiger charge is -2.11. The van der Waals surface area contributed by atoms with Crippen molar-refractivity contribution in [3.63, 3.8) is 0 Å². The number of nitrogens with one attached hydrogen (secondary N) is 1. The maximum Gasteiger partial charge on any atom is 0.371 e. The molecule has 1 heterocycles. The van der Waals surface area contributed by atoms with Gasteiger partial charge in [-0.2, -0.15) is 0 Å². The van der Waals surface area contributed by atoms with Crippen molar-refractivity contribution in [2.45, 2.75) is 38.8 Å². The summed E-state index contributed by atoms with van der Waals surface area (Å²) in [5.74, 6) is -0.491. The standard InChI is InChI=1S/C12H19NO4/c1-8(14)4-3-7-13-9(2)10-5-6-11(17-10)12(15)16/h5-6,8-9,13-14H,3-4,7H2,1-2H3,(H,15,16). The Hall–Kier alpha value is -1.33. The number of hydrogen-bond acceptors (Lipinski definition) is 4. The molecule has 0 aromatic carbocycles. The van der Waals surface area contributed by atoms with E-state index in [0.717, 1.165) is 19.4 Å². The van der Waals surface area contributed by atoms with E-state index in [-0.39, 0.29) is 17.9 Å². The Morgan fingerprint density at radius 2 is 2.18 bits per heavy atom. The second-order valence-electron chi connectivity index (χ2n) is 4.17.